The fourth-order valence-electron chi connectivity index (χ4n) is 1.35. The summed E-state index contributed by atoms with van der Waals surface area (Å²) < 4.78 is 0. The van der Waals surface area contributed by atoms with Crippen LogP contribution in [0.2, 0.25) is 0 Å². The highest BCUT2D eigenvalue weighted by Crippen LogP contribution is 2.07. The first kappa shape index (κ1) is 14.9. The lowest BCUT2D eigenvalue weighted by Gasteiger charge is -2.23. The second-order valence-corrected chi connectivity index (χ2v) is 3.55. The van der Waals surface area contributed by atoms with Crippen molar-refractivity contribution >= 4 is 11.8 Å². The summed E-state index contributed by atoms with van der Waals surface area (Å²) in [5.74, 6) is -0.876. The highest BCUT2D eigenvalue weighted by Gasteiger charge is 2.21. The molecule has 94 valence electrons. The normalized spacial score (nSPS) is 12.0. The van der Waals surface area contributed by atoms with Crippen molar-refractivity contribution in [2.45, 2.75) is 13.3 Å². The maximum Gasteiger partial charge on any atom is 0.226 e. The molecule has 0 bridgehead atoms. The molecule has 0 heterocycles. The van der Waals surface area contributed by atoms with Gasteiger partial charge in [0.2, 0.25) is 11.8 Å². The van der Waals surface area contributed by atoms with Gasteiger partial charge in [0.25, 0.3) is 0 Å². The predicted octanol–water partition coefficient (Wildman–Crippen LogP) is -1.43. The Labute approximate surface area is 95.2 Å². The number of aliphatic hydroxyl groups excluding tert-OH is 2. The molecular weight excluding hydrogens is 212 g/mol. The van der Waals surface area contributed by atoms with E-state index in [2.05, 4.69) is 5.32 Å². The Kier molecular flexibility index (Phi) is 7.49. The number of amides is 2. The van der Waals surface area contributed by atoms with E-state index in [1.807, 2.05) is 0 Å². The average Bonchev–Trinajstić information content (AvgIpc) is 2.27. The summed E-state index contributed by atoms with van der Waals surface area (Å²) in [5, 5.41) is 20.0. The summed E-state index contributed by atoms with van der Waals surface area (Å²) in [4.78, 5) is 24.2. The molecule has 1 unspecified atom stereocenters. The van der Waals surface area contributed by atoms with Crippen LogP contribution in [0.5, 0.6) is 0 Å². The van der Waals surface area contributed by atoms with Crippen LogP contribution in [0.4, 0.5) is 0 Å². The number of hydrogen-bond acceptors (Lipinski definition) is 4. The Morgan fingerprint density at radius 1 is 1.25 bits per heavy atom. The Morgan fingerprint density at radius 3 is 2.12 bits per heavy atom. The molecule has 3 N–H and O–H groups in total. The molecule has 0 radical (unpaired) electrons. The molecule has 0 aromatic rings. The number of hydrogen-bond donors (Lipinski definition) is 3. The summed E-state index contributed by atoms with van der Waals surface area (Å²) in [6.07, 6.45) is 0.114. The average molecular weight is 232 g/mol. The zero-order valence-corrected chi connectivity index (χ0v) is 9.77. The molecule has 0 aliphatic carbocycles. The second kappa shape index (κ2) is 8.06. The van der Waals surface area contributed by atoms with Gasteiger partial charge in [0.05, 0.1) is 13.2 Å². The van der Waals surface area contributed by atoms with Gasteiger partial charge < -0.3 is 20.4 Å². The highest BCUT2D eigenvalue weighted by atomic mass is 16.3. The van der Waals surface area contributed by atoms with E-state index in [4.69, 9.17) is 10.2 Å². The van der Waals surface area contributed by atoms with Crippen LogP contribution in [0, 0.1) is 5.92 Å². The lowest BCUT2D eigenvalue weighted by molar-refractivity contribution is -0.138. The topological polar surface area (TPSA) is 89.9 Å². The molecule has 0 aliphatic heterocycles. The van der Waals surface area contributed by atoms with Gasteiger partial charge >= 0.3 is 0 Å². The van der Waals surface area contributed by atoms with Crippen LogP contribution in [-0.4, -0.2) is 60.3 Å². The van der Waals surface area contributed by atoms with Crippen molar-refractivity contribution in [3.8, 4) is 0 Å². The maximum atomic E-state index is 11.8. The van der Waals surface area contributed by atoms with E-state index in [9.17, 15) is 9.59 Å². The van der Waals surface area contributed by atoms with E-state index in [0.717, 1.165) is 0 Å². The number of rotatable bonds is 7. The van der Waals surface area contributed by atoms with Gasteiger partial charge in [-0.25, -0.2) is 0 Å². The molecule has 2 amide bonds. The summed E-state index contributed by atoms with van der Waals surface area (Å²) in [7, 11) is 1.51. The monoisotopic (exact) mass is 232 g/mol. The van der Waals surface area contributed by atoms with Crippen LogP contribution >= 0.6 is 0 Å². The first-order chi connectivity index (χ1) is 7.56. The zero-order chi connectivity index (χ0) is 12.6. The van der Waals surface area contributed by atoms with Crippen molar-refractivity contribution in [3.05, 3.63) is 0 Å². The van der Waals surface area contributed by atoms with Crippen LogP contribution in [0.15, 0.2) is 0 Å². The van der Waals surface area contributed by atoms with Gasteiger partial charge in [0.15, 0.2) is 0 Å². The van der Waals surface area contributed by atoms with E-state index in [-0.39, 0.29) is 44.5 Å². The van der Waals surface area contributed by atoms with E-state index in [1.54, 1.807) is 6.92 Å². The van der Waals surface area contributed by atoms with Gasteiger partial charge in [-0.05, 0) is 0 Å². The van der Waals surface area contributed by atoms with Crippen molar-refractivity contribution < 1.29 is 19.8 Å². The zero-order valence-electron chi connectivity index (χ0n) is 9.77. The number of nitrogens with zero attached hydrogens (tertiary/aromatic N) is 1. The first-order valence-electron chi connectivity index (χ1n) is 5.27. The van der Waals surface area contributed by atoms with Gasteiger partial charge in [0, 0.05) is 32.5 Å². The van der Waals surface area contributed by atoms with Crippen LogP contribution in [-0.2, 0) is 9.59 Å². The Bertz CT molecular complexity index is 227. The molecule has 0 aromatic heterocycles. The molecule has 0 saturated carbocycles. The first-order valence-corrected chi connectivity index (χ1v) is 5.27. The Balaban J connectivity index is 4.29. The number of carbonyl (C=O) groups excluding carboxylic acids is 2. The van der Waals surface area contributed by atoms with Gasteiger partial charge in [-0.2, -0.15) is 0 Å². The van der Waals surface area contributed by atoms with Crippen molar-refractivity contribution in [3.63, 3.8) is 0 Å². The minimum atomic E-state index is -0.446. The molecule has 0 aromatic carbocycles. The molecule has 0 saturated heterocycles. The molecular formula is C10H20N2O4. The molecule has 0 rings (SSSR count). The molecule has 0 spiro atoms. The SMILES string of the molecule is CNC(=O)CC(C)C(=O)N(CCO)CCO. The second-order valence-electron chi connectivity index (χ2n) is 3.55. The summed E-state index contributed by atoms with van der Waals surface area (Å²) >= 11 is 0. The molecule has 1 atom stereocenters. The molecule has 0 aliphatic rings. The minimum Gasteiger partial charge on any atom is -0.395 e. The van der Waals surface area contributed by atoms with Gasteiger partial charge in [0.1, 0.15) is 0 Å². The Morgan fingerprint density at radius 2 is 1.75 bits per heavy atom. The summed E-state index contributed by atoms with van der Waals surface area (Å²) in [5.41, 5.74) is 0. The summed E-state index contributed by atoms with van der Waals surface area (Å²) in [6.45, 7) is 1.70. The van der Waals surface area contributed by atoms with Crippen LogP contribution in [0.3, 0.4) is 0 Å². The Hall–Kier alpha value is -1.14. The van der Waals surface area contributed by atoms with Crippen molar-refractivity contribution in [2.75, 3.05) is 33.4 Å². The number of aliphatic hydroxyl groups is 2. The standard InChI is InChI=1S/C10H20N2O4/c1-8(7-9(15)11-2)10(16)12(3-5-13)4-6-14/h8,13-14H,3-7H2,1-2H3,(H,11,15). The maximum absolute atomic E-state index is 11.8. The highest BCUT2D eigenvalue weighted by molar-refractivity contribution is 5.85. The van der Waals surface area contributed by atoms with Crippen LogP contribution in [0.1, 0.15) is 13.3 Å². The van der Waals surface area contributed by atoms with Crippen molar-refractivity contribution in [1.82, 2.24) is 10.2 Å². The van der Waals surface area contributed by atoms with Gasteiger partial charge in [-0.15, -0.1) is 0 Å². The predicted molar refractivity (Wildman–Crippen MR) is 58.6 cm³/mol. The lowest BCUT2D eigenvalue weighted by Crippen LogP contribution is -2.40. The van der Waals surface area contributed by atoms with Gasteiger partial charge in [-0.3, -0.25) is 9.59 Å². The van der Waals surface area contributed by atoms with E-state index < -0.39 is 5.92 Å². The molecule has 16 heavy (non-hydrogen) atoms. The third kappa shape index (κ3) is 5.09. The quantitative estimate of drug-likeness (QED) is 0.502. The van der Waals surface area contributed by atoms with Crippen molar-refractivity contribution in [1.29, 1.82) is 0 Å². The van der Waals surface area contributed by atoms with Crippen LogP contribution < -0.4 is 5.32 Å². The largest absolute Gasteiger partial charge is 0.395 e. The van der Waals surface area contributed by atoms with Crippen LogP contribution in [0.25, 0.3) is 0 Å². The number of carbonyl (C=O) groups is 2. The third-order valence-electron chi connectivity index (χ3n) is 2.24. The molecule has 0 fully saturated rings. The number of nitrogens with one attached hydrogen (secondary N) is 1. The molecule has 6 nitrogen and oxygen atoms in total. The van der Waals surface area contributed by atoms with E-state index >= 15 is 0 Å². The fourth-order valence-corrected chi connectivity index (χ4v) is 1.35. The lowest BCUT2D eigenvalue weighted by atomic mass is 10.1. The van der Waals surface area contributed by atoms with Gasteiger partial charge in [-0.1, -0.05) is 6.92 Å². The molecule has 6 heteroatoms. The van der Waals surface area contributed by atoms with Crippen molar-refractivity contribution in [2.24, 2.45) is 5.92 Å². The minimum absolute atomic E-state index is 0.114. The van der Waals surface area contributed by atoms with E-state index in [1.165, 1.54) is 11.9 Å². The van der Waals surface area contributed by atoms with E-state index in [0.29, 0.717) is 0 Å². The fraction of sp³-hybridized carbons (Fsp3) is 0.800. The third-order valence-corrected chi connectivity index (χ3v) is 2.24. The summed E-state index contributed by atoms with van der Waals surface area (Å²) in [6, 6.07) is 0. The smallest absolute Gasteiger partial charge is 0.226 e.